The quantitative estimate of drug-likeness (QED) is 0.834. The summed E-state index contributed by atoms with van der Waals surface area (Å²) in [7, 11) is -3.18. The van der Waals surface area contributed by atoms with E-state index in [9.17, 15) is 22.0 Å². The molecule has 0 aliphatic carbocycles. The number of ether oxygens (including phenoxy) is 1. The number of sulfone groups is 1. The molecule has 8 heteroatoms. The maximum atomic E-state index is 14.4. The number of amides is 1. The summed E-state index contributed by atoms with van der Waals surface area (Å²) in [6, 6.07) is 2.17. The summed E-state index contributed by atoms with van der Waals surface area (Å²) < 4.78 is 56.8. The van der Waals surface area contributed by atoms with Gasteiger partial charge < -0.3 is 4.74 Å². The van der Waals surface area contributed by atoms with Crippen molar-refractivity contribution in [1.29, 1.82) is 0 Å². The van der Waals surface area contributed by atoms with Crippen LogP contribution in [0.15, 0.2) is 18.2 Å². The Morgan fingerprint density at radius 1 is 1.29 bits per heavy atom. The highest BCUT2D eigenvalue weighted by atomic mass is 32.2. The predicted octanol–water partition coefficient (Wildman–Crippen LogP) is 2.90. The fraction of sp³-hybridized carbons (Fsp3) is 0.438. The molecule has 2 aliphatic heterocycles. The largest absolute Gasteiger partial charge is 0.444 e. The molecular formula is C16H17F2NO4S. The van der Waals surface area contributed by atoms with Gasteiger partial charge in [0, 0.05) is 5.56 Å². The topological polar surface area (TPSA) is 63.7 Å². The van der Waals surface area contributed by atoms with Gasteiger partial charge in [0.2, 0.25) is 0 Å². The normalized spacial score (nSPS) is 23.1. The van der Waals surface area contributed by atoms with Crippen LogP contribution in [0.4, 0.5) is 19.3 Å². The highest BCUT2D eigenvalue weighted by Gasteiger charge is 2.32. The standard InChI is InChI=1S/C16H17F2NO4S/c1-2-12-9-19(16(20)23-12)11-7-13(17)15(14(18)8-11)10-3-5-24(21,22)6-4-10/h3,7-8,12H,2,4-6,9H2,1H3/t12-/m0/s1. The Bertz CT molecular complexity index is 796. The number of hydrogen-bond donors (Lipinski definition) is 0. The van der Waals surface area contributed by atoms with E-state index in [4.69, 9.17) is 4.74 Å². The molecule has 130 valence electrons. The van der Waals surface area contributed by atoms with E-state index in [0.717, 1.165) is 12.1 Å². The van der Waals surface area contributed by atoms with E-state index in [2.05, 4.69) is 0 Å². The van der Waals surface area contributed by atoms with Crippen molar-refractivity contribution in [2.45, 2.75) is 25.9 Å². The van der Waals surface area contributed by atoms with Gasteiger partial charge in [0.15, 0.2) is 9.84 Å². The number of benzene rings is 1. The maximum absolute atomic E-state index is 14.4. The van der Waals surface area contributed by atoms with Crippen molar-refractivity contribution >= 4 is 27.2 Å². The summed E-state index contributed by atoms with van der Waals surface area (Å²) in [6.07, 6.45) is 1.11. The maximum Gasteiger partial charge on any atom is 0.414 e. The van der Waals surface area contributed by atoms with Crippen LogP contribution in [0.5, 0.6) is 0 Å². The van der Waals surface area contributed by atoms with Crippen molar-refractivity contribution in [2.75, 3.05) is 23.0 Å². The first-order chi connectivity index (χ1) is 11.3. The Balaban J connectivity index is 1.93. The Morgan fingerprint density at radius 2 is 1.96 bits per heavy atom. The fourth-order valence-corrected chi connectivity index (χ4v) is 4.03. The van der Waals surface area contributed by atoms with Gasteiger partial charge in [-0.2, -0.15) is 0 Å². The molecular weight excluding hydrogens is 340 g/mol. The smallest absolute Gasteiger partial charge is 0.414 e. The van der Waals surface area contributed by atoms with Crippen molar-refractivity contribution in [3.05, 3.63) is 35.4 Å². The molecule has 0 bridgehead atoms. The van der Waals surface area contributed by atoms with Crippen LogP contribution < -0.4 is 4.90 Å². The molecule has 0 N–H and O–H groups in total. The number of carbonyl (C=O) groups excluding carboxylic acids is 1. The lowest BCUT2D eigenvalue weighted by Gasteiger charge is -2.18. The minimum Gasteiger partial charge on any atom is -0.444 e. The number of allylic oxidation sites excluding steroid dienone is 1. The van der Waals surface area contributed by atoms with Crippen LogP contribution in [0.1, 0.15) is 25.3 Å². The average Bonchev–Trinajstić information content (AvgIpc) is 2.89. The minimum absolute atomic E-state index is 0.0686. The Hall–Kier alpha value is -1.96. The Morgan fingerprint density at radius 3 is 2.46 bits per heavy atom. The monoisotopic (exact) mass is 357 g/mol. The van der Waals surface area contributed by atoms with Crippen molar-refractivity contribution in [1.82, 2.24) is 0 Å². The molecule has 0 aromatic heterocycles. The van der Waals surface area contributed by atoms with Crippen molar-refractivity contribution in [3.8, 4) is 0 Å². The number of cyclic esters (lactones) is 1. The Labute approximate surface area is 138 Å². The second kappa shape index (κ2) is 6.16. The van der Waals surface area contributed by atoms with Crippen molar-refractivity contribution in [2.24, 2.45) is 0 Å². The van der Waals surface area contributed by atoms with E-state index in [1.807, 2.05) is 6.92 Å². The summed E-state index contributed by atoms with van der Waals surface area (Å²) in [4.78, 5) is 13.0. The number of rotatable bonds is 3. The molecule has 1 fully saturated rings. The average molecular weight is 357 g/mol. The highest BCUT2D eigenvalue weighted by Crippen LogP contribution is 2.32. The molecule has 1 atom stereocenters. The third-order valence-electron chi connectivity index (χ3n) is 4.26. The van der Waals surface area contributed by atoms with Gasteiger partial charge in [-0.25, -0.2) is 22.0 Å². The first-order valence-electron chi connectivity index (χ1n) is 7.67. The molecule has 0 spiro atoms. The predicted molar refractivity (Wildman–Crippen MR) is 85.5 cm³/mol. The lowest BCUT2D eigenvalue weighted by molar-refractivity contribution is 0.139. The van der Waals surface area contributed by atoms with E-state index < -0.39 is 27.6 Å². The lowest BCUT2D eigenvalue weighted by atomic mass is 10.0. The number of carbonyl (C=O) groups is 1. The van der Waals surface area contributed by atoms with Crippen LogP contribution in [0.2, 0.25) is 0 Å². The molecule has 24 heavy (non-hydrogen) atoms. The van der Waals surface area contributed by atoms with Crippen LogP contribution in [-0.2, 0) is 14.6 Å². The summed E-state index contributed by atoms with van der Waals surface area (Å²) in [5, 5.41) is 0. The third-order valence-corrected chi connectivity index (χ3v) is 5.76. The molecule has 5 nitrogen and oxygen atoms in total. The minimum atomic E-state index is -3.18. The summed E-state index contributed by atoms with van der Waals surface area (Å²) in [6.45, 7) is 2.10. The first-order valence-corrected chi connectivity index (χ1v) is 9.50. The zero-order valence-electron chi connectivity index (χ0n) is 13.1. The van der Waals surface area contributed by atoms with Gasteiger partial charge in [0.05, 0.1) is 23.7 Å². The summed E-state index contributed by atoms with van der Waals surface area (Å²) >= 11 is 0. The fourth-order valence-electron chi connectivity index (χ4n) is 2.87. The Kier molecular flexibility index (Phi) is 4.33. The second-order valence-corrected chi connectivity index (χ2v) is 8.13. The molecule has 1 aromatic carbocycles. The number of nitrogens with zero attached hydrogens (tertiary/aromatic N) is 1. The van der Waals surface area contributed by atoms with Crippen LogP contribution in [0, 0.1) is 11.6 Å². The molecule has 1 amide bonds. The van der Waals surface area contributed by atoms with Crippen LogP contribution in [0.3, 0.4) is 0 Å². The lowest BCUT2D eigenvalue weighted by Crippen LogP contribution is -2.25. The highest BCUT2D eigenvalue weighted by molar-refractivity contribution is 7.91. The zero-order chi connectivity index (χ0) is 17.5. The van der Waals surface area contributed by atoms with Gasteiger partial charge in [0.1, 0.15) is 17.7 Å². The van der Waals surface area contributed by atoms with E-state index in [-0.39, 0.29) is 41.8 Å². The number of anilines is 1. The number of halogens is 2. The van der Waals surface area contributed by atoms with Gasteiger partial charge in [-0.3, -0.25) is 4.90 Å². The molecule has 1 saturated heterocycles. The SMILES string of the molecule is CC[C@H]1CN(c2cc(F)c(C3=CCS(=O)(=O)CC3)c(F)c2)C(=O)O1. The van der Waals surface area contributed by atoms with E-state index >= 15 is 0 Å². The van der Waals surface area contributed by atoms with Gasteiger partial charge >= 0.3 is 6.09 Å². The third kappa shape index (κ3) is 3.15. The van der Waals surface area contributed by atoms with Crippen molar-refractivity contribution < 1.29 is 26.7 Å². The zero-order valence-corrected chi connectivity index (χ0v) is 13.9. The molecule has 2 aliphatic rings. The second-order valence-electron chi connectivity index (χ2n) is 5.90. The molecule has 0 radical (unpaired) electrons. The van der Waals surface area contributed by atoms with Gasteiger partial charge in [-0.15, -0.1) is 0 Å². The van der Waals surface area contributed by atoms with Gasteiger partial charge in [-0.1, -0.05) is 13.0 Å². The summed E-state index contributed by atoms with van der Waals surface area (Å²) in [5.41, 5.74) is 0.203. The molecule has 1 aromatic rings. The van der Waals surface area contributed by atoms with E-state index in [1.165, 1.54) is 11.0 Å². The first kappa shape index (κ1) is 16.9. The van der Waals surface area contributed by atoms with E-state index in [0.29, 0.717) is 12.0 Å². The van der Waals surface area contributed by atoms with Crippen LogP contribution in [0.25, 0.3) is 5.57 Å². The van der Waals surface area contributed by atoms with E-state index in [1.54, 1.807) is 0 Å². The van der Waals surface area contributed by atoms with Gasteiger partial charge in [-0.05, 0) is 30.5 Å². The molecule has 0 saturated carbocycles. The molecule has 3 rings (SSSR count). The van der Waals surface area contributed by atoms with Crippen LogP contribution >= 0.6 is 0 Å². The number of hydrogen-bond acceptors (Lipinski definition) is 4. The van der Waals surface area contributed by atoms with Gasteiger partial charge in [0.25, 0.3) is 0 Å². The molecule has 0 unspecified atom stereocenters. The summed E-state index contributed by atoms with van der Waals surface area (Å²) in [5.74, 6) is -1.98. The van der Waals surface area contributed by atoms with Crippen molar-refractivity contribution in [3.63, 3.8) is 0 Å². The van der Waals surface area contributed by atoms with Crippen LogP contribution in [-0.4, -0.2) is 38.7 Å². The molecule has 2 heterocycles.